The Morgan fingerprint density at radius 2 is 1.84 bits per heavy atom. The van der Waals surface area contributed by atoms with Gasteiger partial charge in [-0.15, -0.1) is 0 Å². The van der Waals surface area contributed by atoms with E-state index in [-0.39, 0.29) is 19.0 Å². The summed E-state index contributed by atoms with van der Waals surface area (Å²) >= 11 is 0. The Morgan fingerprint density at radius 3 is 2.48 bits per heavy atom. The number of amides is 1. The molecule has 2 rings (SSSR count). The van der Waals surface area contributed by atoms with Crippen LogP contribution in [0.5, 0.6) is 0 Å². The third-order valence-electron chi connectivity index (χ3n) is 3.70. The summed E-state index contributed by atoms with van der Waals surface area (Å²) in [5, 5.41) is 2.70. The number of carbonyl (C=O) groups is 1. The highest BCUT2D eigenvalue weighted by Crippen LogP contribution is 2.06. The maximum absolute atomic E-state index is 12.1. The number of nitrogens with zero attached hydrogens (tertiary/aromatic N) is 2. The van der Waals surface area contributed by atoms with Crippen molar-refractivity contribution in [3.8, 4) is 0 Å². The number of carbonyl (C=O) groups excluding carboxylic acids is 1. The Kier molecular flexibility index (Phi) is 7.09. The van der Waals surface area contributed by atoms with Crippen LogP contribution in [-0.4, -0.2) is 43.0 Å². The molecule has 2 aromatic rings. The van der Waals surface area contributed by atoms with Gasteiger partial charge in [-0.1, -0.05) is 36.4 Å². The Labute approximate surface area is 148 Å². The minimum Gasteiger partial charge on any atom is -0.349 e. The summed E-state index contributed by atoms with van der Waals surface area (Å²) < 4.78 is 25.0. The second kappa shape index (κ2) is 9.29. The molecule has 134 valence electrons. The lowest BCUT2D eigenvalue weighted by Gasteiger charge is -2.19. The molecule has 6 nitrogen and oxygen atoms in total. The number of aromatic nitrogens is 1. The number of nitrogens with one attached hydrogen (secondary N) is 1. The van der Waals surface area contributed by atoms with Crippen LogP contribution >= 0.6 is 0 Å². The number of rotatable bonds is 9. The summed E-state index contributed by atoms with van der Waals surface area (Å²) in [6.45, 7) is 0.409. The number of hydrogen-bond donors (Lipinski definition) is 1. The zero-order valence-electron chi connectivity index (χ0n) is 14.3. The van der Waals surface area contributed by atoms with E-state index in [0.29, 0.717) is 13.0 Å². The van der Waals surface area contributed by atoms with Gasteiger partial charge in [-0.25, -0.2) is 8.42 Å². The molecule has 1 aromatic carbocycles. The normalized spacial score (nSPS) is 11.4. The first-order valence-electron chi connectivity index (χ1n) is 8.11. The molecule has 0 unspecified atom stereocenters. The van der Waals surface area contributed by atoms with Gasteiger partial charge in [-0.05, 0) is 30.5 Å². The van der Waals surface area contributed by atoms with Crippen molar-refractivity contribution in [3.63, 3.8) is 0 Å². The number of sulfonamides is 1. The zero-order chi connectivity index (χ0) is 18.1. The van der Waals surface area contributed by atoms with Gasteiger partial charge in [0.05, 0.1) is 25.0 Å². The van der Waals surface area contributed by atoms with Gasteiger partial charge in [-0.3, -0.25) is 9.78 Å². The molecule has 0 atom stereocenters. The van der Waals surface area contributed by atoms with Crippen LogP contribution in [0.2, 0.25) is 0 Å². The SMILES string of the molecule is CS(=O)(=O)N(CCCc1ccccc1)CC(=O)NCc1ccccn1. The molecule has 1 N–H and O–H groups in total. The van der Waals surface area contributed by atoms with Gasteiger partial charge in [0.2, 0.25) is 15.9 Å². The fraction of sp³-hybridized carbons (Fsp3) is 0.333. The van der Waals surface area contributed by atoms with E-state index in [9.17, 15) is 13.2 Å². The Hall–Kier alpha value is -2.25. The summed E-state index contributed by atoms with van der Waals surface area (Å²) in [6.07, 6.45) is 4.20. The van der Waals surface area contributed by atoms with Crippen molar-refractivity contribution < 1.29 is 13.2 Å². The molecule has 7 heteroatoms. The third kappa shape index (κ3) is 7.03. The van der Waals surface area contributed by atoms with Crippen LogP contribution in [0.4, 0.5) is 0 Å². The molecular formula is C18H23N3O3S. The zero-order valence-corrected chi connectivity index (χ0v) is 15.1. The molecule has 0 radical (unpaired) electrons. The van der Waals surface area contributed by atoms with Crippen molar-refractivity contribution in [1.29, 1.82) is 0 Å². The summed E-state index contributed by atoms with van der Waals surface area (Å²) in [7, 11) is -3.44. The molecule has 1 aromatic heterocycles. The number of aryl methyl sites for hydroxylation is 1. The van der Waals surface area contributed by atoms with Gasteiger partial charge >= 0.3 is 0 Å². The fourth-order valence-corrected chi connectivity index (χ4v) is 3.19. The van der Waals surface area contributed by atoms with Crippen LogP contribution in [-0.2, 0) is 27.8 Å². The van der Waals surface area contributed by atoms with Crippen molar-refractivity contribution in [2.45, 2.75) is 19.4 Å². The summed E-state index contributed by atoms with van der Waals surface area (Å²) in [5.41, 5.74) is 1.88. The lowest BCUT2D eigenvalue weighted by atomic mass is 10.1. The lowest BCUT2D eigenvalue weighted by molar-refractivity contribution is -0.121. The van der Waals surface area contributed by atoms with E-state index in [1.54, 1.807) is 18.3 Å². The van der Waals surface area contributed by atoms with E-state index in [1.807, 2.05) is 36.4 Å². The predicted molar refractivity (Wildman–Crippen MR) is 97.3 cm³/mol. The van der Waals surface area contributed by atoms with Gasteiger partial charge in [0.15, 0.2) is 0 Å². The smallest absolute Gasteiger partial charge is 0.235 e. The van der Waals surface area contributed by atoms with Crippen LogP contribution in [0.15, 0.2) is 54.7 Å². The van der Waals surface area contributed by atoms with Crippen molar-refractivity contribution in [1.82, 2.24) is 14.6 Å². The maximum Gasteiger partial charge on any atom is 0.235 e. The van der Waals surface area contributed by atoms with E-state index in [0.717, 1.165) is 23.9 Å². The quantitative estimate of drug-likeness (QED) is 0.736. The van der Waals surface area contributed by atoms with E-state index < -0.39 is 10.0 Å². The first kappa shape index (κ1) is 19.1. The predicted octanol–water partition coefficient (Wildman–Crippen LogP) is 1.59. The number of benzene rings is 1. The average Bonchev–Trinajstić information content (AvgIpc) is 2.60. The fourth-order valence-electron chi connectivity index (χ4n) is 2.37. The second-order valence-corrected chi connectivity index (χ2v) is 7.77. The molecule has 25 heavy (non-hydrogen) atoms. The van der Waals surface area contributed by atoms with E-state index in [4.69, 9.17) is 0 Å². The Bertz CT molecular complexity index is 765. The first-order chi connectivity index (χ1) is 11.9. The second-order valence-electron chi connectivity index (χ2n) is 5.78. The molecule has 0 aliphatic carbocycles. The van der Waals surface area contributed by atoms with Gasteiger partial charge in [0, 0.05) is 12.7 Å². The molecular weight excluding hydrogens is 338 g/mol. The van der Waals surface area contributed by atoms with Crippen LogP contribution in [0.1, 0.15) is 17.7 Å². The molecule has 0 spiro atoms. The standard InChI is InChI=1S/C18H23N3O3S/c1-25(23,24)21(13-7-10-16-8-3-2-4-9-16)15-18(22)20-14-17-11-5-6-12-19-17/h2-6,8-9,11-12H,7,10,13-15H2,1H3,(H,20,22). The largest absolute Gasteiger partial charge is 0.349 e. The van der Waals surface area contributed by atoms with E-state index >= 15 is 0 Å². The van der Waals surface area contributed by atoms with Crippen LogP contribution in [0.25, 0.3) is 0 Å². The van der Waals surface area contributed by atoms with Gasteiger partial charge in [0.1, 0.15) is 0 Å². The Morgan fingerprint density at radius 1 is 1.12 bits per heavy atom. The molecule has 1 heterocycles. The summed E-state index contributed by atoms with van der Waals surface area (Å²) in [5.74, 6) is -0.337. The van der Waals surface area contributed by atoms with E-state index in [1.165, 1.54) is 4.31 Å². The lowest BCUT2D eigenvalue weighted by Crippen LogP contribution is -2.40. The van der Waals surface area contributed by atoms with Crippen LogP contribution in [0.3, 0.4) is 0 Å². The van der Waals surface area contributed by atoms with Gasteiger partial charge < -0.3 is 5.32 Å². The highest BCUT2D eigenvalue weighted by Gasteiger charge is 2.19. The van der Waals surface area contributed by atoms with Crippen molar-refractivity contribution in [2.24, 2.45) is 0 Å². The summed E-state index contributed by atoms with van der Waals surface area (Å²) in [6, 6.07) is 15.3. The van der Waals surface area contributed by atoms with Crippen molar-refractivity contribution >= 4 is 15.9 Å². The number of hydrogen-bond acceptors (Lipinski definition) is 4. The highest BCUT2D eigenvalue weighted by atomic mass is 32.2. The molecule has 0 aliphatic heterocycles. The minimum absolute atomic E-state index is 0.180. The number of pyridine rings is 1. The topological polar surface area (TPSA) is 79.4 Å². The highest BCUT2D eigenvalue weighted by molar-refractivity contribution is 7.88. The first-order valence-corrected chi connectivity index (χ1v) is 9.95. The third-order valence-corrected chi connectivity index (χ3v) is 4.95. The van der Waals surface area contributed by atoms with Crippen LogP contribution in [0, 0.1) is 0 Å². The van der Waals surface area contributed by atoms with Crippen molar-refractivity contribution in [2.75, 3.05) is 19.3 Å². The molecule has 0 bridgehead atoms. The monoisotopic (exact) mass is 361 g/mol. The van der Waals surface area contributed by atoms with E-state index in [2.05, 4.69) is 10.3 Å². The summed E-state index contributed by atoms with van der Waals surface area (Å²) in [4.78, 5) is 16.2. The molecule has 1 amide bonds. The molecule has 0 saturated heterocycles. The minimum atomic E-state index is -3.44. The van der Waals surface area contributed by atoms with Gasteiger partial charge in [0.25, 0.3) is 0 Å². The van der Waals surface area contributed by atoms with Gasteiger partial charge in [-0.2, -0.15) is 4.31 Å². The molecule has 0 aliphatic rings. The van der Waals surface area contributed by atoms with Crippen molar-refractivity contribution in [3.05, 3.63) is 66.0 Å². The average molecular weight is 361 g/mol. The molecule has 0 fully saturated rings. The van der Waals surface area contributed by atoms with Crippen LogP contribution < -0.4 is 5.32 Å². The molecule has 0 saturated carbocycles. The Balaban J connectivity index is 1.83. The maximum atomic E-state index is 12.1.